The first-order valence-electron chi connectivity index (χ1n) is 14.9. The molecule has 4 aromatic rings. The van der Waals surface area contributed by atoms with E-state index in [1.165, 1.54) is 6.07 Å². The number of carbonyl (C=O) groups is 1. The van der Waals surface area contributed by atoms with Crippen LogP contribution in [0.2, 0.25) is 10.0 Å². The lowest BCUT2D eigenvalue weighted by molar-refractivity contribution is 0.0393. The molecular weight excluding hydrogens is 617 g/mol. The van der Waals surface area contributed by atoms with Gasteiger partial charge in [0.05, 0.1) is 38.1 Å². The lowest BCUT2D eigenvalue weighted by Gasteiger charge is -2.14. The van der Waals surface area contributed by atoms with Crippen molar-refractivity contribution in [3.8, 4) is 5.75 Å². The molecule has 5 N–H and O–H groups in total. The van der Waals surface area contributed by atoms with E-state index in [-0.39, 0.29) is 12.4 Å². The zero-order valence-electron chi connectivity index (χ0n) is 25.1. The zero-order valence-corrected chi connectivity index (χ0v) is 26.6. The van der Waals surface area contributed by atoms with Gasteiger partial charge in [0, 0.05) is 34.3 Å². The van der Waals surface area contributed by atoms with E-state index < -0.39 is 12.1 Å². The molecule has 4 aromatic carbocycles. The second-order valence-electron chi connectivity index (χ2n) is 10.4. The molecule has 10 heteroatoms. The molecule has 0 radical (unpaired) electrons. The number of aliphatic hydroxyl groups is 2. The van der Waals surface area contributed by atoms with Crippen molar-refractivity contribution in [2.24, 2.45) is 0 Å². The Morgan fingerprint density at radius 1 is 0.822 bits per heavy atom. The van der Waals surface area contributed by atoms with Crippen LogP contribution in [0.4, 0.5) is 0 Å². The number of unbranched alkanes of at least 4 members (excludes halogenated alkanes) is 3. The van der Waals surface area contributed by atoms with E-state index in [9.17, 15) is 20.1 Å². The van der Waals surface area contributed by atoms with Gasteiger partial charge < -0.3 is 35.2 Å². The Morgan fingerprint density at radius 3 is 2.27 bits per heavy atom. The predicted molar refractivity (Wildman–Crippen MR) is 178 cm³/mol. The fourth-order valence-electron chi connectivity index (χ4n) is 4.58. The number of fused-ring (bicyclic) bond motifs is 1. The minimum atomic E-state index is -0.878. The number of carboxylic acids is 1. The highest BCUT2D eigenvalue weighted by Crippen LogP contribution is 2.25. The van der Waals surface area contributed by atoms with Gasteiger partial charge in [0.25, 0.3) is 0 Å². The molecule has 1 atom stereocenters. The van der Waals surface area contributed by atoms with E-state index >= 15 is 0 Å². The van der Waals surface area contributed by atoms with Gasteiger partial charge in [-0.05, 0) is 66.1 Å². The van der Waals surface area contributed by atoms with Crippen LogP contribution in [-0.4, -0.2) is 59.3 Å². The van der Waals surface area contributed by atoms with Crippen LogP contribution in [0.25, 0.3) is 10.8 Å². The van der Waals surface area contributed by atoms with Gasteiger partial charge in [0.1, 0.15) is 5.75 Å². The number of phenols is 1. The summed E-state index contributed by atoms with van der Waals surface area (Å²) in [6, 6.07) is 22.9. The molecule has 0 heterocycles. The Hall–Kier alpha value is -3.21. The highest BCUT2D eigenvalue weighted by atomic mass is 35.5. The number of benzene rings is 4. The fraction of sp³-hybridized carbons (Fsp3) is 0.343. The van der Waals surface area contributed by atoms with Crippen molar-refractivity contribution >= 4 is 39.9 Å². The maximum absolute atomic E-state index is 10.8. The summed E-state index contributed by atoms with van der Waals surface area (Å²) in [5.74, 6) is -0.841. The maximum atomic E-state index is 10.8. The Kier molecular flexibility index (Phi) is 16.1. The first-order valence-corrected chi connectivity index (χ1v) is 15.7. The number of hydrogen-bond acceptors (Lipinski definition) is 7. The van der Waals surface area contributed by atoms with Crippen molar-refractivity contribution < 1.29 is 34.7 Å². The van der Waals surface area contributed by atoms with Gasteiger partial charge in [0.2, 0.25) is 0 Å². The Labute approximate surface area is 274 Å². The molecule has 0 saturated carbocycles. The molecule has 45 heavy (non-hydrogen) atoms. The Bertz CT molecular complexity index is 1460. The minimum Gasteiger partial charge on any atom is -0.508 e. The van der Waals surface area contributed by atoms with Crippen LogP contribution in [0, 0.1) is 0 Å². The van der Waals surface area contributed by atoms with Gasteiger partial charge in [0.15, 0.2) is 0 Å². The van der Waals surface area contributed by atoms with E-state index in [0.717, 1.165) is 48.6 Å². The molecule has 0 amide bonds. The standard InChI is InChI=1S/C24H33Cl2NO5.C11H8O2/c25-21-6-5-7-22(26)20(21)17-32-13-12-31-11-4-2-1-3-10-27-15-24(30)18-8-9-23(29)19(14-18)16-28;12-11(13)10-7-3-5-8-4-1-2-6-9(8)10/h5-9,14,24,27-30H,1-4,10-13,15-17H2;1-7H,(H,12,13)/t24-;/m0./s1. The van der Waals surface area contributed by atoms with E-state index in [1.54, 1.807) is 36.4 Å². The van der Waals surface area contributed by atoms with Gasteiger partial charge in [-0.1, -0.05) is 84.6 Å². The molecule has 0 unspecified atom stereocenters. The van der Waals surface area contributed by atoms with Crippen molar-refractivity contribution in [2.45, 2.75) is 45.0 Å². The average Bonchev–Trinajstić information content (AvgIpc) is 3.04. The summed E-state index contributed by atoms with van der Waals surface area (Å²) in [5.41, 5.74) is 2.25. The van der Waals surface area contributed by atoms with E-state index in [1.807, 2.05) is 36.4 Å². The molecule has 0 aromatic heterocycles. The molecule has 0 saturated heterocycles. The molecule has 0 aliphatic rings. The third-order valence-electron chi connectivity index (χ3n) is 7.09. The maximum Gasteiger partial charge on any atom is 0.336 e. The van der Waals surface area contributed by atoms with Gasteiger partial charge in [-0.25, -0.2) is 4.79 Å². The number of ether oxygens (including phenoxy) is 2. The lowest BCUT2D eigenvalue weighted by atomic mass is 10.1. The minimum absolute atomic E-state index is 0.0370. The monoisotopic (exact) mass is 657 g/mol. The highest BCUT2D eigenvalue weighted by Gasteiger charge is 2.10. The van der Waals surface area contributed by atoms with Crippen LogP contribution in [0.5, 0.6) is 5.75 Å². The molecule has 242 valence electrons. The topological polar surface area (TPSA) is 128 Å². The molecule has 8 nitrogen and oxygen atoms in total. The highest BCUT2D eigenvalue weighted by molar-refractivity contribution is 6.35. The van der Waals surface area contributed by atoms with Gasteiger partial charge >= 0.3 is 5.97 Å². The number of aromatic carboxylic acids is 1. The van der Waals surface area contributed by atoms with Crippen LogP contribution in [0.3, 0.4) is 0 Å². The van der Waals surface area contributed by atoms with Crippen molar-refractivity contribution in [1.29, 1.82) is 0 Å². The van der Waals surface area contributed by atoms with Gasteiger partial charge in [-0.2, -0.15) is 0 Å². The predicted octanol–water partition coefficient (Wildman–Crippen LogP) is 7.15. The van der Waals surface area contributed by atoms with Crippen LogP contribution < -0.4 is 5.32 Å². The number of rotatable bonds is 17. The number of halogens is 2. The summed E-state index contributed by atoms with van der Waals surface area (Å²) >= 11 is 12.2. The van der Waals surface area contributed by atoms with Gasteiger partial charge in [-0.3, -0.25) is 0 Å². The summed E-state index contributed by atoms with van der Waals surface area (Å²) in [6.45, 7) is 3.11. The van der Waals surface area contributed by atoms with Crippen molar-refractivity contribution in [3.05, 3.63) is 111 Å². The Morgan fingerprint density at radius 2 is 1.51 bits per heavy atom. The zero-order chi connectivity index (χ0) is 32.4. The van der Waals surface area contributed by atoms with E-state index in [2.05, 4.69) is 5.32 Å². The second kappa shape index (κ2) is 20.0. The summed E-state index contributed by atoms with van der Waals surface area (Å²) in [4.78, 5) is 10.8. The molecule has 0 aliphatic carbocycles. The number of nitrogens with one attached hydrogen (secondary N) is 1. The normalized spacial score (nSPS) is 11.6. The summed E-state index contributed by atoms with van der Waals surface area (Å²) in [5, 5.41) is 44.1. The first-order chi connectivity index (χ1) is 21.8. The van der Waals surface area contributed by atoms with Crippen LogP contribution >= 0.6 is 23.2 Å². The SMILES string of the molecule is O=C(O)c1cccc2ccccc12.OCc1cc([C@@H](O)CNCCCCCCOCCOCc2c(Cl)cccc2Cl)ccc1O. The average molecular weight is 659 g/mol. The van der Waals surface area contributed by atoms with E-state index in [4.69, 9.17) is 37.8 Å². The number of hydrogen-bond donors (Lipinski definition) is 5. The largest absolute Gasteiger partial charge is 0.508 e. The fourth-order valence-corrected chi connectivity index (χ4v) is 5.09. The summed E-state index contributed by atoms with van der Waals surface area (Å²) < 4.78 is 11.2. The first kappa shape index (κ1) is 36.3. The molecule has 0 aliphatic heterocycles. The van der Waals surface area contributed by atoms with Crippen molar-refractivity contribution in [3.63, 3.8) is 0 Å². The molecular formula is C35H41Cl2NO7. The van der Waals surface area contributed by atoms with Crippen LogP contribution in [-0.2, 0) is 22.7 Å². The van der Waals surface area contributed by atoms with Crippen molar-refractivity contribution in [2.75, 3.05) is 32.9 Å². The van der Waals surface area contributed by atoms with Crippen LogP contribution in [0.1, 0.15) is 58.8 Å². The summed E-state index contributed by atoms with van der Waals surface area (Å²) in [7, 11) is 0. The molecule has 4 rings (SSSR count). The van der Waals surface area contributed by atoms with Crippen LogP contribution in [0.15, 0.2) is 78.9 Å². The van der Waals surface area contributed by atoms with E-state index in [0.29, 0.717) is 59.7 Å². The van der Waals surface area contributed by atoms with Gasteiger partial charge in [-0.15, -0.1) is 0 Å². The Balaban J connectivity index is 0.000000350. The molecule has 0 bridgehead atoms. The number of carboxylic acid groups (broad SMARTS) is 1. The quantitative estimate of drug-likeness (QED) is 0.0758. The summed E-state index contributed by atoms with van der Waals surface area (Å²) in [6.07, 6.45) is 3.51. The molecule has 0 fully saturated rings. The number of aliphatic hydroxyl groups excluding tert-OH is 2. The van der Waals surface area contributed by atoms with Crippen molar-refractivity contribution in [1.82, 2.24) is 5.32 Å². The smallest absolute Gasteiger partial charge is 0.336 e. The lowest BCUT2D eigenvalue weighted by Crippen LogP contribution is -2.22. The third-order valence-corrected chi connectivity index (χ3v) is 7.80. The third kappa shape index (κ3) is 12.2. The second-order valence-corrected chi connectivity index (χ2v) is 11.2. The number of aromatic hydroxyl groups is 1. The molecule has 0 spiro atoms.